The molecule has 0 spiro atoms. The van der Waals surface area contributed by atoms with E-state index in [1.807, 2.05) is 12.1 Å². The molecule has 1 atom stereocenters. The summed E-state index contributed by atoms with van der Waals surface area (Å²) in [5.41, 5.74) is 2.67. The van der Waals surface area contributed by atoms with Crippen LogP contribution in [-0.4, -0.2) is 24.4 Å². The summed E-state index contributed by atoms with van der Waals surface area (Å²) >= 11 is 1.51. The molecule has 3 aromatic carbocycles. The summed E-state index contributed by atoms with van der Waals surface area (Å²) in [5.74, 6) is 0.889. The highest BCUT2D eigenvalue weighted by molar-refractivity contribution is 8.00. The monoisotopic (exact) mass is 436 g/mol. The van der Waals surface area contributed by atoms with Gasteiger partial charge >= 0.3 is 0 Å². The Balaban J connectivity index is 1.32. The van der Waals surface area contributed by atoms with E-state index in [2.05, 4.69) is 5.32 Å². The van der Waals surface area contributed by atoms with Crippen LogP contribution in [0.15, 0.2) is 66.7 Å². The molecule has 0 aromatic heterocycles. The van der Waals surface area contributed by atoms with Crippen LogP contribution in [0, 0.1) is 5.82 Å². The molecule has 2 heterocycles. The van der Waals surface area contributed by atoms with E-state index in [0.717, 1.165) is 5.56 Å². The van der Waals surface area contributed by atoms with E-state index in [-0.39, 0.29) is 29.8 Å². The number of rotatable bonds is 4. The zero-order valence-electron chi connectivity index (χ0n) is 16.2. The quantitative estimate of drug-likeness (QED) is 0.648. The van der Waals surface area contributed by atoms with Crippen molar-refractivity contribution in [2.24, 2.45) is 0 Å². The Labute approximate surface area is 182 Å². The number of hydrogen-bond acceptors (Lipinski definition) is 5. The molecule has 1 fully saturated rings. The number of nitrogens with one attached hydrogen (secondary N) is 1. The molecule has 6 nitrogen and oxygen atoms in total. The van der Waals surface area contributed by atoms with Gasteiger partial charge in [0.1, 0.15) is 11.2 Å². The summed E-state index contributed by atoms with van der Waals surface area (Å²) in [6.07, 6.45) is 0. The zero-order chi connectivity index (χ0) is 21.4. The summed E-state index contributed by atoms with van der Waals surface area (Å²) < 4.78 is 23.9. The number of ether oxygens (including phenoxy) is 2. The first-order chi connectivity index (χ1) is 15.1. The minimum absolute atomic E-state index is 0.0261. The molecule has 0 unspecified atom stereocenters. The molecular formula is C23H17FN2O4S. The fraction of sp³-hybridized carbons (Fsp3) is 0.130. The second-order valence-electron chi connectivity index (χ2n) is 7.05. The van der Waals surface area contributed by atoms with E-state index < -0.39 is 0 Å². The molecule has 2 aliphatic rings. The van der Waals surface area contributed by atoms with Crippen LogP contribution in [0.1, 0.15) is 21.3 Å². The number of amides is 2. The van der Waals surface area contributed by atoms with E-state index in [9.17, 15) is 14.0 Å². The molecule has 31 heavy (non-hydrogen) atoms. The van der Waals surface area contributed by atoms with Crippen LogP contribution < -0.4 is 19.7 Å². The highest BCUT2D eigenvalue weighted by Crippen LogP contribution is 2.42. The second-order valence-corrected chi connectivity index (χ2v) is 8.12. The molecule has 156 valence electrons. The van der Waals surface area contributed by atoms with Gasteiger partial charge in [0.25, 0.3) is 5.91 Å². The van der Waals surface area contributed by atoms with E-state index in [0.29, 0.717) is 34.2 Å². The Bertz CT molecular complexity index is 1150. The minimum Gasteiger partial charge on any atom is -0.454 e. The summed E-state index contributed by atoms with van der Waals surface area (Å²) in [5, 5.41) is 2.65. The van der Waals surface area contributed by atoms with Crippen molar-refractivity contribution < 1.29 is 23.5 Å². The number of benzene rings is 3. The van der Waals surface area contributed by atoms with Gasteiger partial charge in [-0.3, -0.25) is 14.5 Å². The van der Waals surface area contributed by atoms with Gasteiger partial charge in [-0.2, -0.15) is 0 Å². The highest BCUT2D eigenvalue weighted by Gasteiger charge is 2.34. The van der Waals surface area contributed by atoms with E-state index in [4.69, 9.17) is 9.47 Å². The molecule has 2 amide bonds. The molecule has 5 rings (SSSR count). The van der Waals surface area contributed by atoms with E-state index in [1.165, 1.54) is 23.9 Å². The first kappa shape index (κ1) is 19.4. The van der Waals surface area contributed by atoms with Crippen molar-refractivity contribution >= 4 is 35.0 Å². The first-order valence-corrected chi connectivity index (χ1v) is 10.6. The van der Waals surface area contributed by atoms with Crippen molar-refractivity contribution in [3.63, 3.8) is 0 Å². The number of carbonyl (C=O) groups excluding carboxylic acids is 2. The maximum atomic E-state index is 13.3. The van der Waals surface area contributed by atoms with Crippen LogP contribution in [0.25, 0.3) is 0 Å². The third-order valence-electron chi connectivity index (χ3n) is 5.06. The van der Waals surface area contributed by atoms with Gasteiger partial charge in [0.05, 0.1) is 5.75 Å². The van der Waals surface area contributed by atoms with Crippen molar-refractivity contribution in [3.05, 3.63) is 83.7 Å². The van der Waals surface area contributed by atoms with Gasteiger partial charge in [-0.25, -0.2) is 4.39 Å². The van der Waals surface area contributed by atoms with Crippen molar-refractivity contribution in [1.29, 1.82) is 0 Å². The van der Waals surface area contributed by atoms with Crippen LogP contribution in [0.2, 0.25) is 0 Å². The third kappa shape index (κ3) is 3.82. The maximum absolute atomic E-state index is 13.3. The smallest absolute Gasteiger partial charge is 0.255 e. The van der Waals surface area contributed by atoms with E-state index in [1.54, 1.807) is 47.4 Å². The standard InChI is InChI=1S/C23H17FN2O4S/c24-16-4-8-18(9-5-16)26-21(27)12-31-23(26)14-1-6-17(7-2-14)25-22(28)15-3-10-19-20(11-15)30-13-29-19/h1-11,23H,12-13H2,(H,25,28)/t23-/m1/s1. The van der Waals surface area contributed by atoms with Gasteiger partial charge in [-0.05, 0) is 60.2 Å². The van der Waals surface area contributed by atoms with Crippen molar-refractivity contribution in [2.45, 2.75) is 5.37 Å². The number of nitrogens with zero attached hydrogens (tertiary/aromatic N) is 1. The largest absolute Gasteiger partial charge is 0.454 e. The lowest BCUT2D eigenvalue weighted by Crippen LogP contribution is -2.27. The maximum Gasteiger partial charge on any atom is 0.255 e. The predicted octanol–water partition coefficient (Wildman–Crippen LogP) is 4.59. The molecule has 2 aliphatic heterocycles. The zero-order valence-corrected chi connectivity index (χ0v) is 17.0. The average molecular weight is 436 g/mol. The molecule has 0 bridgehead atoms. The lowest BCUT2D eigenvalue weighted by Gasteiger charge is -2.24. The Kier molecular flexibility index (Phi) is 4.99. The van der Waals surface area contributed by atoms with Gasteiger partial charge in [0.15, 0.2) is 11.5 Å². The number of thioether (sulfide) groups is 1. The number of hydrogen-bond donors (Lipinski definition) is 1. The topological polar surface area (TPSA) is 67.9 Å². The average Bonchev–Trinajstić information content (AvgIpc) is 3.41. The highest BCUT2D eigenvalue weighted by atomic mass is 32.2. The lowest BCUT2D eigenvalue weighted by atomic mass is 10.1. The number of fused-ring (bicyclic) bond motifs is 1. The SMILES string of the molecule is O=C(Nc1ccc([C@H]2SCC(=O)N2c2ccc(F)cc2)cc1)c1ccc2c(c1)OCO2. The van der Waals surface area contributed by atoms with Gasteiger partial charge in [0, 0.05) is 16.9 Å². The normalized spacial score (nSPS) is 17.1. The van der Waals surface area contributed by atoms with Gasteiger partial charge in [-0.15, -0.1) is 11.8 Å². The third-order valence-corrected chi connectivity index (χ3v) is 6.27. The van der Waals surface area contributed by atoms with Crippen LogP contribution in [-0.2, 0) is 4.79 Å². The molecule has 1 saturated heterocycles. The Morgan fingerprint density at radius 2 is 1.74 bits per heavy atom. The number of carbonyl (C=O) groups is 2. The van der Waals surface area contributed by atoms with Crippen LogP contribution in [0.4, 0.5) is 15.8 Å². The number of anilines is 2. The van der Waals surface area contributed by atoms with Crippen LogP contribution in [0.3, 0.4) is 0 Å². The Morgan fingerprint density at radius 1 is 1.00 bits per heavy atom. The minimum atomic E-state index is -0.345. The molecule has 3 aromatic rings. The van der Waals surface area contributed by atoms with Gasteiger partial charge in [-0.1, -0.05) is 12.1 Å². The van der Waals surface area contributed by atoms with Crippen molar-refractivity contribution in [1.82, 2.24) is 0 Å². The lowest BCUT2D eigenvalue weighted by molar-refractivity contribution is -0.115. The summed E-state index contributed by atoms with van der Waals surface area (Å²) in [4.78, 5) is 26.7. The molecule has 8 heteroatoms. The van der Waals surface area contributed by atoms with Gasteiger partial charge < -0.3 is 14.8 Å². The van der Waals surface area contributed by atoms with Crippen molar-refractivity contribution in [3.8, 4) is 11.5 Å². The molecule has 0 aliphatic carbocycles. The first-order valence-electron chi connectivity index (χ1n) is 9.59. The van der Waals surface area contributed by atoms with Crippen LogP contribution in [0.5, 0.6) is 11.5 Å². The molecule has 0 radical (unpaired) electrons. The Hall–Kier alpha value is -3.52. The summed E-state index contributed by atoms with van der Waals surface area (Å²) in [6, 6.07) is 18.3. The molecule has 1 N–H and O–H groups in total. The van der Waals surface area contributed by atoms with Crippen LogP contribution >= 0.6 is 11.8 Å². The second kappa shape index (κ2) is 7.96. The fourth-order valence-electron chi connectivity index (χ4n) is 3.52. The molecule has 0 saturated carbocycles. The molecular weight excluding hydrogens is 419 g/mol. The fourth-order valence-corrected chi connectivity index (χ4v) is 4.70. The Morgan fingerprint density at radius 3 is 2.52 bits per heavy atom. The summed E-state index contributed by atoms with van der Waals surface area (Å²) in [6.45, 7) is 0.151. The van der Waals surface area contributed by atoms with Gasteiger partial charge in [0.2, 0.25) is 12.7 Å². The summed E-state index contributed by atoms with van der Waals surface area (Å²) in [7, 11) is 0. The van der Waals surface area contributed by atoms with Crippen molar-refractivity contribution in [2.75, 3.05) is 22.8 Å². The van der Waals surface area contributed by atoms with E-state index >= 15 is 0 Å². The predicted molar refractivity (Wildman–Crippen MR) is 116 cm³/mol. The number of halogens is 1.